The molecule has 1 aromatic heterocycles. The van der Waals surface area contributed by atoms with Crippen LogP contribution in [0, 0.1) is 11.3 Å². The maximum atomic E-state index is 6.09. The number of rotatable bonds is 6. The summed E-state index contributed by atoms with van der Waals surface area (Å²) in [6.45, 7) is 10.1. The SMILES string of the molecule is CN=C(NCc1ccc(Cn2ccnc2)cc1)NCC1CCCOC1C(C)(C)C. The Morgan fingerprint density at radius 3 is 2.62 bits per heavy atom. The minimum atomic E-state index is 0.155. The number of nitrogens with zero attached hydrogens (tertiary/aromatic N) is 3. The average Bonchev–Trinajstić information content (AvgIpc) is 3.22. The summed E-state index contributed by atoms with van der Waals surface area (Å²) in [5, 5.41) is 6.93. The summed E-state index contributed by atoms with van der Waals surface area (Å²) in [6.07, 6.45) is 8.24. The maximum Gasteiger partial charge on any atom is 0.191 e. The molecule has 2 unspecified atom stereocenters. The topological polar surface area (TPSA) is 63.5 Å². The van der Waals surface area contributed by atoms with Gasteiger partial charge in [0.2, 0.25) is 0 Å². The predicted molar refractivity (Wildman–Crippen MR) is 118 cm³/mol. The normalized spacial score (nSPS) is 20.5. The Bertz CT molecular complexity index is 762. The van der Waals surface area contributed by atoms with Crippen LogP contribution in [0.25, 0.3) is 0 Å². The van der Waals surface area contributed by atoms with Gasteiger partial charge in [0.05, 0.1) is 12.4 Å². The van der Waals surface area contributed by atoms with Crippen LogP contribution in [0.4, 0.5) is 0 Å². The van der Waals surface area contributed by atoms with Crippen molar-refractivity contribution in [2.24, 2.45) is 16.3 Å². The second-order valence-corrected chi connectivity index (χ2v) is 8.92. The molecule has 2 heterocycles. The molecule has 0 spiro atoms. The van der Waals surface area contributed by atoms with Gasteiger partial charge in [-0.2, -0.15) is 0 Å². The third-order valence-corrected chi connectivity index (χ3v) is 5.46. The van der Waals surface area contributed by atoms with Crippen molar-refractivity contribution < 1.29 is 4.74 Å². The molecule has 158 valence electrons. The predicted octanol–water partition coefficient (Wildman–Crippen LogP) is 3.44. The summed E-state index contributed by atoms with van der Waals surface area (Å²) in [5.41, 5.74) is 2.65. The Kier molecular flexibility index (Phi) is 7.31. The Morgan fingerprint density at radius 1 is 1.21 bits per heavy atom. The average molecular weight is 398 g/mol. The molecule has 6 nitrogen and oxygen atoms in total. The molecule has 1 aliphatic rings. The molecule has 2 N–H and O–H groups in total. The van der Waals surface area contributed by atoms with E-state index in [0.717, 1.165) is 38.6 Å². The second-order valence-electron chi connectivity index (χ2n) is 8.92. The molecule has 2 atom stereocenters. The first-order chi connectivity index (χ1) is 14.0. The van der Waals surface area contributed by atoms with E-state index in [4.69, 9.17) is 4.74 Å². The number of imidazole rings is 1. The van der Waals surface area contributed by atoms with Crippen LogP contribution in [0.3, 0.4) is 0 Å². The lowest BCUT2D eigenvalue weighted by Gasteiger charge is -2.40. The molecule has 3 rings (SSSR count). The highest BCUT2D eigenvalue weighted by Gasteiger charge is 2.35. The van der Waals surface area contributed by atoms with Crippen LogP contribution in [0.1, 0.15) is 44.7 Å². The molecule has 1 fully saturated rings. The van der Waals surface area contributed by atoms with Crippen LogP contribution in [-0.4, -0.2) is 41.8 Å². The van der Waals surface area contributed by atoms with Gasteiger partial charge in [0, 0.05) is 51.6 Å². The van der Waals surface area contributed by atoms with E-state index >= 15 is 0 Å². The van der Waals surface area contributed by atoms with E-state index in [1.807, 2.05) is 19.6 Å². The van der Waals surface area contributed by atoms with Gasteiger partial charge in [-0.1, -0.05) is 45.0 Å². The third kappa shape index (κ3) is 6.32. The van der Waals surface area contributed by atoms with Crippen LogP contribution in [-0.2, 0) is 17.8 Å². The van der Waals surface area contributed by atoms with Crippen molar-refractivity contribution in [3.8, 4) is 0 Å². The van der Waals surface area contributed by atoms with Crippen molar-refractivity contribution >= 4 is 5.96 Å². The summed E-state index contributed by atoms with van der Waals surface area (Å²) >= 11 is 0. The number of guanidine groups is 1. The number of ether oxygens (including phenoxy) is 1. The fourth-order valence-electron chi connectivity index (χ4n) is 4.00. The zero-order valence-corrected chi connectivity index (χ0v) is 18.2. The highest BCUT2D eigenvalue weighted by atomic mass is 16.5. The highest BCUT2D eigenvalue weighted by Crippen LogP contribution is 2.33. The van der Waals surface area contributed by atoms with Crippen LogP contribution < -0.4 is 10.6 Å². The Hall–Kier alpha value is -2.34. The molecule has 2 aromatic rings. The molecule has 0 aliphatic carbocycles. The fraction of sp³-hybridized carbons (Fsp3) is 0.565. The van der Waals surface area contributed by atoms with Crippen LogP contribution in [0.15, 0.2) is 48.0 Å². The van der Waals surface area contributed by atoms with Crippen molar-refractivity contribution in [1.82, 2.24) is 20.2 Å². The first-order valence-electron chi connectivity index (χ1n) is 10.6. The van der Waals surface area contributed by atoms with Gasteiger partial charge in [-0.05, 0) is 29.4 Å². The lowest BCUT2D eigenvalue weighted by molar-refractivity contribution is -0.0835. The smallest absolute Gasteiger partial charge is 0.191 e. The Labute approximate surface area is 174 Å². The van der Waals surface area contributed by atoms with E-state index in [1.165, 1.54) is 17.5 Å². The third-order valence-electron chi connectivity index (χ3n) is 5.46. The van der Waals surface area contributed by atoms with E-state index in [0.29, 0.717) is 5.92 Å². The summed E-state index contributed by atoms with van der Waals surface area (Å²) in [5.74, 6) is 1.34. The Morgan fingerprint density at radius 2 is 1.97 bits per heavy atom. The number of aromatic nitrogens is 2. The number of aliphatic imine (C=N–C) groups is 1. The summed E-state index contributed by atoms with van der Waals surface area (Å²) in [4.78, 5) is 8.47. The van der Waals surface area contributed by atoms with Gasteiger partial charge in [0.15, 0.2) is 5.96 Å². The van der Waals surface area contributed by atoms with Gasteiger partial charge in [0.25, 0.3) is 0 Å². The zero-order chi connectivity index (χ0) is 20.7. The number of hydrogen-bond donors (Lipinski definition) is 2. The van der Waals surface area contributed by atoms with Crippen molar-refractivity contribution in [3.63, 3.8) is 0 Å². The molecule has 0 amide bonds. The Balaban J connectivity index is 1.47. The van der Waals surface area contributed by atoms with Crippen molar-refractivity contribution in [1.29, 1.82) is 0 Å². The highest BCUT2D eigenvalue weighted by molar-refractivity contribution is 5.79. The minimum absolute atomic E-state index is 0.155. The van der Waals surface area contributed by atoms with Gasteiger partial charge in [-0.3, -0.25) is 4.99 Å². The standard InChI is InChI=1S/C23H35N5O/c1-23(2,3)21-20(6-5-13-29-21)15-27-22(24-4)26-14-18-7-9-19(10-8-18)16-28-12-11-25-17-28/h7-12,17,20-21H,5-6,13-16H2,1-4H3,(H2,24,26,27). The molecule has 6 heteroatoms. The summed E-state index contributed by atoms with van der Waals surface area (Å²) in [6, 6.07) is 8.66. The molecule has 0 radical (unpaired) electrons. The first kappa shape index (κ1) is 21.4. The monoisotopic (exact) mass is 397 g/mol. The molecular formula is C23H35N5O. The van der Waals surface area contributed by atoms with E-state index in [9.17, 15) is 0 Å². The molecule has 1 saturated heterocycles. The molecular weight excluding hydrogens is 362 g/mol. The van der Waals surface area contributed by atoms with Crippen molar-refractivity contribution in [3.05, 3.63) is 54.1 Å². The van der Waals surface area contributed by atoms with Gasteiger partial charge < -0.3 is 19.9 Å². The van der Waals surface area contributed by atoms with Gasteiger partial charge >= 0.3 is 0 Å². The quantitative estimate of drug-likeness (QED) is 0.579. The van der Waals surface area contributed by atoms with Gasteiger partial charge in [0.1, 0.15) is 0 Å². The molecule has 1 aromatic carbocycles. The van der Waals surface area contributed by atoms with Gasteiger partial charge in [-0.25, -0.2) is 4.98 Å². The van der Waals surface area contributed by atoms with Crippen molar-refractivity contribution in [2.75, 3.05) is 20.2 Å². The molecule has 29 heavy (non-hydrogen) atoms. The minimum Gasteiger partial charge on any atom is -0.377 e. The number of nitrogens with one attached hydrogen (secondary N) is 2. The van der Waals surface area contributed by atoms with Crippen LogP contribution in [0.2, 0.25) is 0 Å². The fourth-order valence-corrected chi connectivity index (χ4v) is 4.00. The van der Waals surface area contributed by atoms with Gasteiger partial charge in [-0.15, -0.1) is 0 Å². The van der Waals surface area contributed by atoms with E-state index < -0.39 is 0 Å². The largest absolute Gasteiger partial charge is 0.377 e. The second kappa shape index (κ2) is 9.92. The van der Waals surface area contributed by atoms with Crippen molar-refractivity contribution in [2.45, 2.75) is 52.8 Å². The van der Waals surface area contributed by atoms with E-state index in [-0.39, 0.29) is 11.5 Å². The first-order valence-corrected chi connectivity index (χ1v) is 10.6. The summed E-state index contributed by atoms with van der Waals surface area (Å²) in [7, 11) is 1.82. The lowest BCUT2D eigenvalue weighted by Crippen LogP contribution is -2.47. The van der Waals surface area contributed by atoms with E-state index in [2.05, 4.69) is 70.2 Å². The molecule has 0 bridgehead atoms. The number of hydrogen-bond acceptors (Lipinski definition) is 3. The zero-order valence-electron chi connectivity index (χ0n) is 18.2. The number of benzene rings is 1. The molecule has 0 saturated carbocycles. The van der Waals surface area contributed by atoms with E-state index in [1.54, 1.807) is 6.20 Å². The summed E-state index contributed by atoms with van der Waals surface area (Å²) < 4.78 is 8.16. The van der Waals surface area contributed by atoms with Crippen LogP contribution >= 0.6 is 0 Å². The maximum absolute atomic E-state index is 6.09. The molecule has 1 aliphatic heterocycles. The van der Waals surface area contributed by atoms with Crippen LogP contribution in [0.5, 0.6) is 0 Å². The lowest BCUT2D eigenvalue weighted by atomic mass is 9.78.